The van der Waals surface area contributed by atoms with Gasteiger partial charge in [-0.1, -0.05) is 30.1 Å². The van der Waals surface area contributed by atoms with Crippen molar-refractivity contribution in [3.8, 4) is 0 Å². The van der Waals surface area contributed by atoms with Gasteiger partial charge in [0.1, 0.15) is 11.6 Å². The second-order valence-corrected chi connectivity index (χ2v) is 5.49. The number of anilines is 2. The van der Waals surface area contributed by atoms with Gasteiger partial charge >= 0.3 is 0 Å². The number of nitrogens with one attached hydrogen (secondary N) is 1. The molecule has 0 amide bonds. The molecule has 1 saturated heterocycles. The Morgan fingerprint density at radius 2 is 2.26 bits per heavy atom. The van der Waals surface area contributed by atoms with Crippen molar-refractivity contribution in [1.82, 2.24) is 4.98 Å². The maximum Gasteiger partial charge on any atom is 0.150 e. The molecule has 1 unspecified atom stereocenters. The second kappa shape index (κ2) is 6.64. The minimum absolute atomic E-state index is 0.324. The van der Waals surface area contributed by atoms with Crippen LogP contribution in [0.3, 0.4) is 0 Å². The molecular formula is C13H19Cl2N3O. The molecule has 0 saturated carbocycles. The van der Waals surface area contributed by atoms with E-state index in [1.165, 1.54) is 0 Å². The van der Waals surface area contributed by atoms with Crippen LogP contribution in [-0.4, -0.2) is 37.8 Å². The Morgan fingerprint density at radius 3 is 2.89 bits per heavy atom. The summed E-state index contributed by atoms with van der Waals surface area (Å²) in [5.41, 5.74) is 0. The van der Waals surface area contributed by atoms with Gasteiger partial charge in [0, 0.05) is 20.2 Å². The summed E-state index contributed by atoms with van der Waals surface area (Å²) in [6.45, 7) is 4.44. The van der Waals surface area contributed by atoms with Gasteiger partial charge in [0.05, 0.1) is 22.7 Å². The summed E-state index contributed by atoms with van der Waals surface area (Å²) >= 11 is 12.4. The quantitative estimate of drug-likeness (QED) is 0.904. The summed E-state index contributed by atoms with van der Waals surface area (Å²) in [4.78, 5) is 6.62. The summed E-state index contributed by atoms with van der Waals surface area (Å²) in [7, 11) is 1.99. The topological polar surface area (TPSA) is 37.4 Å². The molecule has 106 valence electrons. The Hall–Kier alpha value is -0.710. The lowest BCUT2D eigenvalue weighted by atomic mass is 10.2. The van der Waals surface area contributed by atoms with E-state index in [0.29, 0.717) is 21.9 Å². The number of hydrogen-bond acceptors (Lipinski definition) is 4. The molecule has 1 N–H and O–H groups in total. The third-order valence-electron chi connectivity index (χ3n) is 3.24. The Labute approximate surface area is 124 Å². The van der Waals surface area contributed by atoms with Gasteiger partial charge in [-0.05, 0) is 18.9 Å². The SMILES string of the molecule is CCCNc1nc(N(C)C2CCOC2)c(Cl)cc1Cl. The van der Waals surface area contributed by atoms with E-state index in [0.717, 1.165) is 38.4 Å². The predicted molar refractivity (Wildman–Crippen MR) is 80.7 cm³/mol. The first kappa shape index (κ1) is 14.7. The van der Waals surface area contributed by atoms with Gasteiger partial charge in [-0.25, -0.2) is 4.98 Å². The number of nitrogens with zero attached hydrogens (tertiary/aromatic N) is 2. The van der Waals surface area contributed by atoms with E-state index in [1.54, 1.807) is 6.07 Å². The van der Waals surface area contributed by atoms with E-state index in [2.05, 4.69) is 22.1 Å². The number of rotatable bonds is 5. The molecule has 1 aliphatic rings. The summed E-state index contributed by atoms with van der Waals surface area (Å²) in [5, 5.41) is 4.34. The van der Waals surface area contributed by atoms with Crippen molar-refractivity contribution in [2.75, 3.05) is 37.0 Å². The van der Waals surface area contributed by atoms with Crippen molar-refractivity contribution in [3.05, 3.63) is 16.1 Å². The van der Waals surface area contributed by atoms with Crippen LogP contribution in [0.15, 0.2) is 6.07 Å². The van der Waals surface area contributed by atoms with Crippen LogP contribution >= 0.6 is 23.2 Å². The molecular weight excluding hydrogens is 285 g/mol. The van der Waals surface area contributed by atoms with Crippen LogP contribution in [0.1, 0.15) is 19.8 Å². The standard InChI is InChI=1S/C13H19Cl2N3O/c1-3-5-16-12-10(14)7-11(15)13(17-12)18(2)9-4-6-19-8-9/h7,9H,3-6,8H2,1-2H3,(H,16,17). The third kappa shape index (κ3) is 3.44. The number of hydrogen-bond donors (Lipinski definition) is 1. The number of likely N-dealkylation sites (N-methyl/N-ethyl adjacent to an activating group) is 1. The predicted octanol–water partition coefficient (Wildman–Crippen LogP) is 3.44. The van der Waals surface area contributed by atoms with Gasteiger partial charge in [0.15, 0.2) is 0 Å². The lowest BCUT2D eigenvalue weighted by Gasteiger charge is -2.26. The molecule has 0 spiro atoms. The van der Waals surface area contributed by atoms with Crippen LogP contribution in [0.5, 0.6) is 0 Å². The molecule has 1 aliphatic heterocycles. The van der Waals surface area contributed by atoms with Crippen molar-refractivity contribution in [3.63, 3.8) is 0 Å². The van der Waals surface area contributed by atoms with Gasteiger partial charge < -0.3 is 15.0 Å². The van der Waals surface area contributed by atoms with Gasteiger partial charge in [-0.15, -0.1) is 0 Å². The highest BCUT2D eigenvalue weighted by atomic mass is 35.5. The monoisotopic (exact) mass is 303 g/mol. The molecule has 0 aliphatic carbocycles. The summed E-state index contributed by atoms with van der Waals surface area (Å²) in [6, 6.07) is 2.07. The van der Waals surface area contributed by atoms with E-state index in [4.69, 9.17) is 27.9 Å². The Bertz CT molecular complexity index is 436. The molecule has 0 bridgehead atoms. The number of aromatic nitrogens is 1. The van der Waals surface area contributed by atoms with E-state index >= 15 is 0 Å². The molecule has 1 atom stereocenters. The van der Waals surface area contributed by atoms with Crippen LogP contribution in [0.4, 0.5) is 11.6 Å². The Morgan fingerprint density at radius 1 is 1.47 bits per heavy atom. The average Bonchev–Trinajstić information content (AvgIpc) is 2.91. The minimum atomic E-state index is 0.324. The second-order valence-electron chi connectivity index (χ2n) is 4.68. The van der Waals surface area contributed by atoms with Crippen LogP contribution in [0.25, 0.3) is 0 Å². The average molecular weight is 304 g/mol. The smallest absolute Gasteiger partial charge is 0.150 e. The summed E-state index contributed by atoms with van der Waals surface area (Å²) < 4.78 is 5.40. The molecule has 0 radical (unpaired) electrons. The maximum absolute atomic E-state index is 6.25. The molecule has 2 rings (SSSR count). The van der Waals surface area contributed by atoms with E-state index in [1.807, 2.05) is 7.05 Å². The van der Waals surface area contributed by atoms with Gasteiger partial charge in [0.25, 0.3) is 0 Å². The molecule has 1 aromatic rings. The van der Waals surface area contributed by atoms with Crippen LogP contribution in [0.2, 0.25) is 10.0 Å². The Kier molecular flexibility index (Phi) is 5.13. The van der Waals surface area contributed by atoms with Crippen molar-refractivity contribution in [2.45, 2.75) is 25.8 Å². The maximum atomic E-state index is 6.25. The van der Waals surface area contributed by atoms with E-state index < -0.39 is 0 Å². The minimum Gasteiger partial charge on any atom is -0.379 e. The molecule has 1 fully saturated rings. The number of ether oxygens (including phenoxy) is 1. The third-order valence-corrected chi connectivity index (χ3v) is 3.81. The van der Waals surface area contributed by atoms with Crippen molar-refractivity contribution < 1.29 is 4.74 Å². The van der Waals surface area contributed by atoms with Crippen LogP contribution in [0, 0.1) is 0 Å². The zero-order chi connectivity index (χ0) is 13.8. The fraction of sp³-hybridized carbons (Fsp3) is 0.615. The van der Waals surface area contributed by atoms with E-state index in [-0.39, 0.29) is 0 Å². The zero-order valence-electron chi connectivity index (χ0n) is 11.2. The highest BCUT2D eigenvalue weighted by Gasteiger charge is 2.23. The largest absolute Gasteiger partial charge is 0.379 e. The summed E-state index contributed by atoms with van der Waals surface area (Å²) in [6.07, 6.45) is 2.01. The fourth-order valence-corrected chi connectivity index (χ4v) is 2.63. The Balaban J connectivity index is 2.22. The van der Waals surface area contributed by atoms with Crippen molar-refractivity contribution >= 4 is 34.8 Å². The first-order valence-corrected chi connectivity index (χ1v) is 7.29. The highest BCUT2D eigenvalue weighted by Crippen LogP contribution is 2.32. The molecule has 2 heterocycles. The van der Waals surface area contributed by atoms with Gasteiger partial charge in [0.2, 0.25) is 0 Å². The lowest BCUT2D eigenvalue weighted by Crippen LogP contribution is -2.32. The number of pyridine rings is 1. The van der Waals surface area contributed by atoms with Crippen LogP contribution in [-0.2, 0) is 4.74 Å². The molecule has 6 heteroatoms. The van der Waals surface area contributed by atoms with E-state index in [9.17, 15) is 0 Å². The highest BCUT2D eigenvalue weighted by molar-refractivity contribution is 6.37. The number of halogens is 2. The van der Waals surface area contributed by atoms with Gasteiger partial charge in [-0.2, -0.15) is 0 Å². The first-order valence-electron chi connectivity index (χ1n) is 6.54. The lowest BCUT2D eigenvalue weighted by molar-refractivity contribution is 0.193. The fourth-order valence-electron chi connectivity index (χ4n) is 2.07. The van der Waals surface area contributed by atoms with Crippen molar-refractivity contribution in [2.24, 2.45) is 0 Å². The first-order chi connectivity index (χ1) is 9.13. The normalized spacial score (nSPS) is 18.6. The molecule has 4 nitrogen and oxygen atoms in total. The summed E-state index contributed by atoms with van der Waals surface area (Å²) in [5.74, 6) is 1.44. The molecule has 1 aromatic heterocycles. The molecule has 0 aromatic carbocycles. The van der Waals surface area contributed by atoms with Crippen LogP contribution < -0.4 is 10.2 Å². The van der Waals surface area contributed by atoms with Crippen molar-refractivity contribution in [1.29, 1.82) is 0 Å². The van der Waals surface area contributed by atoms with Gasteiger partial charge in [-0.3, -0.25) is 0 Å². The zero-order valence-corrected chi connectivity index (χ0v) is 12.8. The molecule has 19 heavy (non-hydrogen) atoms.